The summed E-state index contributed by atoms with van der Waals surface area (Å²) in [5.74, 6) is 0. The quantitative estimate of drug-likeness (QED) is 0.0971. The van der Waals surface area contributed by atoms with Crippen molar-refractivity contribution in [3.8, 4) is 0 Å². The first kappa shape index (κ1) is 47.5. The Morgan fingerprint density at radius 2 is 0.701 bits per heavy atom. The summed E-state index contributed by atoms with van der Waals surface area (Å²) in [7, 11) is 4.34. The number of rotatable bonds is 12. The molecular weight excluding hydrogens is 965 g/mol. The Morgan fingerprint density at radius 3 is 1.07 bits per heavy atom. The summed E-state index contributed by atoms with van der Waals surface area (Å²) < 4.78 is 4.91. The Kier molecular flexibility index (Phi) is 16.4. The SMILES string of the molecule is CCCCc1ccc(N(c2ccc(Br)c3ccccc23)c2ccc(Br)c3ccccc23)cc1.CCCCc1ccc(N(c2cccc3ccccc23)c2cccc3ccccc23)cc1.[B]=NS. The number of hydrogen-bond donors (Lipinski definition) is 1. The van der Waals surface area contributed by atoms with Crippen molar-refractivity contribution < 1.29 is 0 Å². The van der Waals surface area contributed by atoms with Crippen molar-refractivity contribution >= 4 is 130 Å². The van der Waals surface area contributed by atoms with E-state index in [4.69, 9.17) is 0 Å². The summed E-state index contributed by atoms with van der Waals surface area (Å²) >= 11 is 10.7. The summed E-state index contributed by atoms with van der Waals surface area (Å²) in [5.41, 5.74) is 9.89. The summed E-state index contributed by atoms with van der Waals surface area (Å²) in [5, 5.41) is 9.88. The number of hydrogen-bond acceptors (Lipinski definition) is 4. The second-order valence-electron chi connectivity index (χ2n) is 16.5. The molecule has 331 valence electrons. The third kappa shape index (κ3) is 10.9. The maximum absolute atomic E-state index is 4.34. The molecule has 0 aromatic heterocycles. The molecule has 67 heavy (non-hydrogen) atoms. The van der Waals surface area contributed by atoms with Crippen LogP contribution in [0.25, 0.3) is 43.1 Å². The van der Waals surface area contributed by atoms with Crippen LogP contribution in [0, 0.1) is 0 Å². The van der Waals surface area contributed by atoms with Crippen molar-refractivity contribution in [3.05, 3.63) is 226 Å². The van der Waals surface area contributed by atoms with Crippen molar-refractivity contribution in [3.63, 3.8) is 0 Å². The Bertz CT molecular complexity index is 3070. The molecule has 10 aromatic carbocycles. The number of aryl methyl sites for hydroxylation is 2. The average Bonchev–Trinajstić information content (AvgIpc) is 3.38. The average molecular weight is 1020 g/mol. The van der Waals surface area contributed by atoms with Gasteiger partial charge in [-0.25, -0.2) is 0 Å². The molecule has 0 aliphatic rings. The molecule has 0 atom stereocenters. The first-order chi connectivity index (χ1) is 32.9. The molecule has 7 heteroatoms. The van der Waals surface area contributed by atoms with Crippen molar-refractivity contribution in [2.24, 2.45) is 4.30 Å². The van der Waals surface area contributed by atoms with E-state index in [2.05, 4.69) is 287 Å². The molecule has 0 spiro atoms. The standard InChI is InChI=1S/C30H25Br2N.C30H27N.BHNS/c1-2-3-8-21-13-15-22(16-14-21)33(29-19-17-27(31)23-9-4-6-11-25(23)29)30-20-18-28(32)24-10-5-7-12-26(24)30;1-2-3-10-23-19-21-26(22-20-23)31(29-17-8-13-24-11-4-6-15-27(24)29)30-18-9-14-25-12-5-7-16-28(25)30;1-2-3/h4-7,9-20H,2-3,8H2,1H3;4-9,11-22H,2-3,10H2,1H3;3H. The fraction of sp³-hybridized carbons (Fsp3) is 0.133. The van der Waals surface area contributed by atoms with Gasteiger partial charge >= 0.3 is 24.8 Å². The van der Waals surface area contributed by atoms with Gasteiger partial charge in [-0.3, -0.25) is 0 Å². The van der Waals surface area contributed by atoms with E-state index < -0.39 is 0 Å². The van der Waals surface area contributed by atoms with Crippen LogP contribution in [0.5, 0.6) is 0 Å². The molecule has 0 saturated heterocycles. The van der Waals surface area contributed by atoms with E-state index in [0.717, 1.165) is 27.5 Å². The topological polar surface area (TPSA) is 18.8 Å². The Labute approximate surface area is 419 Å². The molecule has 0 bridgehead atoms. The van der Waals surface area contributed by atoms with Crippen LogP contribution in [0.1, 0.15) is 50.7 Å². The van der Waals surface area contributed by atoms with Gasteiger partial charge in [0.1, 0.15) is 0 Å². The molecule has 0 aliphatic carbocycles. The Hall–Kier alpha value is -5.99. The summed E-state index contributed by atoms with van der Waals surface area (Å²) in [6, 6.07) is 74.6. The van der Waals surface area contributed by atoms with Crippen LogP contribution in [0.2, 0.25) is 0 Å². The molecule has 0 heterocycles. The first-order valence-corrected chi connectivity index (χ1v) is 25.0. The van der Waals surface area contributed by atoms with Crippen LogP contribution >= 0.6 is 44.7 Å². The second-order valence-corrected chi connectivity index (χ2v) is 18.5. The third-order valence-electron chi connectivity index (χ3n) is 12.2. The molecular formula is C60H53BBr2N3S. The second kappa shape index (κ2) is 23.2. The predicted molar refractivity (Wildman–Crippen MR) is 302 cm³/mol. The molecule has 10 rings (SSSR count). The fourth-order valence-corrected chi connectivity index (χ4v) is 9.85. The van der Waals surface area contributed by atoms with E-state index in [1.54, 1.807) is 0 Å². The molecule has 0 amide bonds. The van der Waals surface area contributed by atoms with E-state index in [0.29, 0.717) is 0 Å². The molecule has 0 N–H and O–H groups in total. The molecule has 0 aliphatic heterocycles. The molecule has 10 aromatic rings. The number of anilines is 6. The van der Waals surface area contributed by atoms with Crippen LogP contribution in [0.15, 0.2) is 220 Å². The monoisotopic (exact) mass is 1020 g/mol. The van der Waals surface area contributed by atoms with Gasteiger partial charge in [0, 0.05) is 41.9 Å². The zero-order chi connectivity index (χ0) is 46.5. The molecule has 0 fully saturated rings. The van der Waals surface area contributed by atoms with Gasteiger partial charge in [0.15, 0.2) is 0 Å². The van der Waals surface area contributed by atoms with Crippen LogP contribution in [0.3, 0.4) is 0 Å². The van der Waals surface area contributed by atoms with Crippen LogP contribution < -0.4 is 9.80 Å². The van der Waals surface area contributed by atoms with Gasteiger partial charge in [-0.2, -0.15) is 0 Å². The number of unbranched alkanes of at least 4 members (excludes halogenated alkanes) is 2. The zero-order valence-corrected chi connectivity index (χ0v) is 42.1. The molecule has 0 saturated carbocycles. The number of halogens is 2. The van der Waals surface area contributed by atoms with Gasteiger partial charge in [0.2, 0.25) is 0 Å². The van der Waals surface area contributed by atoms with Gasteiger partial charge in [0.05, 0.1) is 22.7 Å². The van der Waals surface area contributed by atoms with E-state index >= 15 is 0 Å². The third-order valence-corrected chi connectivity index (χ3v) is 13.6. The van der Waals surface area contributed by atoms with Crippen LogP contribution in [-0.2, 0) is 12.8 Å². The van der Waals surface area contributed by atoms with Crippen molar-refractivity contribution in [2.45, 2.75) is 52.4 Å². The van der Waals surface area contributed by atoms with Crippen LogP contribution in [-0.4, -0.2) is 7.64 Å². The fourth-order valence-electron chi connectivity index (χ4n) is 8.89. The van der Waals surface area contributed by atoms with Crippen molar-refractivity contribution in [1.29, 1.82) is 0 Å². The van der Waals surface area contributed by atoms with Crippen LogP contribution in [0.4, 0.5) is 34.1 Å². The van der Waals surface area contributed by atoms with Gasteiger partial charge in [0.25, 0.3) is 0 Å². The Morgan fingerprint density at radius 1 is 0.388 bits per heavy atom. The zero-order valence-electron chi connectivity index (χ0n) is 38.0. The number of thiol groups is 1. The predicted octanol–water partition coefficient (Wildman–Crippen LogP) is 19.3. The van der Waals surface area contributed by atoms with E-state index in [-0.39, 0.29) is 0 Å². The van der Waals surface area contributed by atoms with E-state index in [1.165, 1.54) is 108 Å². The first-order valence-electron chi connectivity index (χ1n) is 23.1. The van der Waals surface area contributed by atoms with Gasteiger partial charge in [-0.1, -0.05) is 204 Å². The summed E-state index contributed by atoms with van der Waals surface area (Å²) in [6.07, 6.45) is 7.15. The number of nitrogens with zero attached hydrogens (tertiary/aromatic N) is 3. The van der Waals surface area contributed by atoms with E-state index in [9.17, 15) is 0 Å². The normalized spacial score (nSPS) is 10.9. The number of fused-ring (bicyclic) bond motifs is 4. The van der Waals surface area contributed by atoms with Gasteiger partial charge in [-0.05, 0) is 119 Å². The van der Waals surface area contributed by atoms with Crippen molar-refractivity contribution in [1.82, 2.24) is 0 Å². The maximum atomic E-state index is 4.34. The van der Waals surface area contributed by atoms with E-state index in [1.807, 2.05) is 0 Å². The molecule has 3 nitrogen and oxygen atoms in total. The Balaban J connectivity index is 0.000000172. The summed E-state index contributed by atoms with van der Waals surface area (Å²) in [4.78, 5) is 4.81. The minimum atomic E-state index is 1.11. The molecule has 0 unspecified atom stereocenters. The number of benzene rings is 10. The molecule has 1 radical (unpaired) electrons. The minimum absolute atomic E-state index is 1.11. The van der Waals surface area contributed by atoms with Gasteiger partial charge < -0.3 is 9.80 Å². The van der Waals surface area contributed by atoms with Crippen molar-refractivity contribution in [2.75, 3.05) is 9.80 Å². The summed E-state index contributed by atoms with van der Waals surface area (Å²) in [6.45, 7) is 4.49. The van der Waals surface area contributed by atoms with Gasteiger partial charge in [-0.15, -0.1) is 0 Å².